The Morgan fingerprint density at radius 2 is 2.22 bits per heavy atom. The molecular formula is C19H28FN3. The molecule has 2 unspecified atom stereocenters. The van der Waals surface area contributed by atoms with Crippen LogP contribution < -0.4 is 5.32 Å². The van der Waals surface area contributed by atoms with Crippen molar-refractivity contribution >= 4 is 11.9 Å². The highest BCUT2D eigenvalue weighted by atomic mass is 19.1. The number of nitrogens with zero attached hydrogens (tertiary/aromatic N) is 1. The summed E-state index contributed by atoms with van der Waals surface area (Å²) >= 11 is 0. The smallest absolute Gasteiger partial charge is 0.123 e. The van der Waals surface area contributed by atoms with Crippen LogP contribution in [0.3, 0.4) is 0 Å². The largest absolute Gasteiger partial charge is 0.314 e. The lowest BCUT2D eigenvalue weighted by atomic mass is 9.79. The van der Waals surface area contributed by atoms with Gasteiger partial charge in [0.05, 0.1) is 0 Å². The van der Waals surface area contributed by atoms with Gasteiger partial charge in [-0.25, -0.2) is 4.39 Å². The molecule has 23 heavy (non-hydrogen) atoms. The van der Waals surface area contributed by atoms with Crippen LogP contribution in [-0.2, 0) is 0 Å². The first-order valence-electron chi connectivity index (χ1n) is 7.94. The third kappa shape index (κ3) is 5.39. The Morgan fingerprint density at radius 3 is 2.74 bits per heavy atom. The lowest BCUT2D eigenvalue weighted by Crippen LogP contribution is -2.47. The lowest BCUT2D eigenvalue weighted by Gasteiger charge is -2.35. The van der Waals surface area contributed by atoms with E-state index in [0.29, 0.717) is 5.92 Å². The average molecular weight is 317 g/mol. The van der Waals surface area contributed by atoms with E-state index in [4.69, 9.17) is 5.41 Å². The zero-order valence-electron chi connectivity index (χ0n) is 14.6. The Morgan fingerprint density at radius 1 is 1.57 bits per heavy atom. The zero-order chi connectivity index (χ0) is 17.5. The van der Waals surface area contributed by atoms with E-state index in [2.05, 4.69) is 30.7 Å². The minimum atomic E-state index is -0.202. The van der Waals surface area contributed by atoms with E-state index in [-0.39, 0.29) is 11.4 Å². The molecule has 0 bridgehead atoms. The maximum atomic E-state index is 13.3. The summed E-state index contributed by atoms with van der Waals surface area (Å²) in [7, 11) is 1.99. The average Bonchev–Trinajstić information content (AvgIpc) is 2.98. The van der Waals surface area contributed by atoms with Crippen LogP contribution in [0.15, 0.2) is 41.4 Å². The molecule has 2 atom stereocenters. The molecule has 1 aliphatic heterocycles. The summed E-state index contributed by atoms with van der Waals surface area (Å²) in [6.45, 7) is 10.7. The van der Waals surface area contributed by atoms with E-state index in [1.165, 1.54) is 17.9 Å². The second kappa shape index (κ2) is 8.73. The van der Waals surface area contributed by atoms with Gasteiger partial charge in [-0.3, -0.25) is 4.99 Å². The molecule has 1 aliphatic rings. The number of halogens is 1. The summed E-state index contributed by atoms with van der Waals surface area (Å²) in [5.74, 6) is 0.217. The van der Waals surface area contributed by atoms with Gasteiger partial charge in [0.1, 0.15) is 5.82 Å². The van der Waals surface area contributed by atoms with Gasteiger partial charge in [-0.2, -0.15) is 0 Å². The Hall–Kier alpha value is -1.81. The lowest BCUT2D eigenvalue weighted by molar-refractivity contribution is 0.262. The summed E-state index contributed by atoms with van der Waals surface area (Å²) in [6.07, 6.45) is 3.06. The maximum Gasteiger partial charge on any atom is 0.123 e. The highest BCUT2D eigenvalue weighted by molar-refractivity contribution is 6.01. The summed E-state index contributed by atoms with van der Waals surface area (Å²) in [4.78, 5) is 4.63. The quantitative estimate of drug-likeness (QED) is 0.619. The highest BCUT2D eigenvalue weighted by Gasteiger charge is 2.36. The molecule has 0 saturated carbocycles. The van der Waals surface area contributed by atoms with Crippen LogP contribution in [0.2, 0.25) is 0 Å². The molecule has 0 aromatic heterocycles. The molecule has 1 heterocycles. The summed E-state index contributed by atoms with van der Waals surface area (Å²) in [5.41, 5.74) is 3.07. The van der Waals surface area contributed by atoms with Crippen LogP contribution in [-0.4, -0.2) is 31.1 Å². The molecule has 0 amide bonds. The Labute approximate surface area is 139 Å². The van der Waals surface area contributed by atoms with Gasteiger partial charge in [0.2, 0.25) is 0 Å². The third-order valence-electron chi connectivity index (χ3n) is 4.24. The number of aliphatic imine (C=N–C) groups is 1. The van der Waals surface area contributed by atoms with Crippen molar-refractivity contribution in [2.75, 3.05) is 13.6 Å². The first-order valence-corrected chi connectivity index (χ1v) is 7.94. The van der Waals surface area contributed by atoms with Crippen LogP contribution in [0.5, 0.6) is 0 Å². The molecule has 1 aromatic carbocycles. The minimum Gasteiger partial charge on any atom is -0.314 e. The summed E-state index contributed by atoms with van der Waals surface area (Å²) in [6, 6.07) is 6.71. The number of benzene rings is 1. The number of nitrogens with one attached hydrogen (secondary N) is 2. The summed E-state index contributed by atoms with van der Waals surface area (Å²) in [5, 5.41) is 9.51. The molecule has 126 valence electrons. The van der Waals surface area contributed by atoms with Crippen molar-refractivity contribution in [1.82, 2.24) is 5.32 Å². The van der Waals surface area contributed by atoms with Crippen LogP contribution in [0.25, 0.3) is 0 Å². The van der Waals surface area contributed by atoms with Crippen LogP contribution >= 0.6 is 0 Å². The first kappa shape index (κ1) is 19.2. The van der Waals surface area contributed by atoms with Crippen molar-refractivity contribution in [2.45, 2.75) is 39.2 Å². The molecule has 3 nitrogen and oxygen atoms in total. The van der Waals surface area contributed by atoms with Gasteiger partial charge < -0.3 is 10.7 Å². The number of hydrogen-bond donors (Lipinski definition) is 2. The molecule has 2 rings (SSSR count). The van der Waals surface area contributed by atoms with E-state index in [0.717, 1.165) is 30.7 Å². The van der Waals surface area contributed by atoms with Crippen molar-refractivity contribution < 1.29 is 4.39 Å². The predicted molar refractivity (Wildman–Crippen MR) is 97.3 cm³/mol. The van der Waals surface area contributed by atoms with E-state index < -0.39 is 0 Å². The summed E-state index contributed by atoms with van der Waals surface area (Å²) < 4.78 is 13.3. The fraction of sp³-hybridized carbons (Fsp3) is 0.474. The zero-order valence-corrected chi connectivity index (χ0v) is 14.6. The second-order valence-electron chi connectivity index (χ2n) is 6.29. The fourth-order valence-electron chi connectivity index (χ4n) is 2.95. The topological polar surface area (TPSA) is 48.2 Å². The minimum absolute atomic E-state index is 0.00952. The van der Waals surface area contributed by atoms with Gasteiger partial charge in [0.15, 0.2) is 0 Å². The van der Waals surface area contributed by atoms with Crippen molar-refractivity contribution in [3.8, 4) is 0 Å². The SMILES string of the molecule is C=C(C)CC(C)(NC)C1CN=C(c2cccc(F)c2)C1.CC=N. The van der Waals surface area contributed by atoms with Crippen molar-refractivity contribution in [3.63, 3.8) is 0 Å². The number of rotatable bonds is 5. The predicted octanol–water partition coefficient (Wildman–Crippen LogP) is 4.23. The standard InChI is InChI=1S/C17H23FN2.C2H5N/c1-12(2)10-17(3,19-4)14-9-16(20-11-14)13-6-5-7-15(18)8-13;1-2-3/h5-8,14,19H,1,9-11H2,2-4H3;2-3H,1H3. The first-order chi connectivity index (χ1) is 10.9. The molecule has 0 spiro atoms. The molecule has 0 aliphatic carbocycles. The second-order valence-corrected chi connectivity index (χ2v) is 6.29. The van der Waals surface area contributed by atoms with Gasteiger partial charge in [0.25, 0.3) is 0 Å². The van der Waals surface area contributed by atoms with Gasteiger partial charge in [-0.15, -0.1) is 6.58 Å². The van der Waals surface area contributed by atoms with E-state index in [1.807, 2.05) is 13.1 Å². The monoisotopic (exact) mass is 317 g/mol. The van der Waals surface area contributed by atoms with Crippen LogP contribution in [0.1, 0.15) is 39.2 Å². The molecule has 0 radical (unpaired) electrons. The molecule has 0 saturated heterocycles. The molecule has 4 heteroatoms. The van der Waals surface area contributed by atoms with Crippen LogP contribution in [0.4, 0.5) is 4.39 Å². The molecule has 1 aromatic rings. The number of hydrogen-bond acceptors (Lipinski definition) is 3. The van der Waals surface area contributed by atoms with E-state index in [9.17, 15) is 4.39 Å². The fourth-order valence-corrected chi connectivity index (χ4v) is 2.95. The highest BCUT2D eigenvalue weighted by Crippen LogP contribution is 2.32. The van der Waals surface area contributed by atoms with E-state index >= 15 is 0 Å². The molecule has 2 N–H and O–H groups in total. The maximum absolute atomic E-state index is 13.3. The molecular weight excluding hydrogens is 289 g/mol. The Balaban J connectivity index is 0.000000816. The van der Waals surface area contributed by atoms with Gasteiger partial charge in [0, 0.05) is 23.7 Å². The Bertz CT molecular complexity index is 580. The van der Waals surface area contributed by atoms with Crippen LogP contribution in [0, 0.1) is 17.1 Å². The third-order valence-corrected chi connectivity index (χ3v) is 4.24. The van der Waals surface area contributed by atoms with Crippen molar-refractivity contribution in [2.24, 2.45) is 10.9 Å². The van der Waals surface area contributed by atoms with Gasteiger partial charge in [-0.1, -0.05) is 17.7 Å². The Kier molecular flexibility index (Phi) is 7.30. The van der Waals surface area contributed by atoms with Crippen molar-refractivity contribution in [1.29, 1.82) is 5.41 Å². The normalized spacial score (nSPS) is 19.2. The van der Waals surface area contributed by atoms with Gasteiger partial charge in [-0.05, 0) is 64.6 Å². The van der Waals surface area contributed by atoms with Gasteiger partial charge >= 0.3 is 0 Å². The molecule has 0 fully saturated rings. The van der Waals surface area contributed by atoms with Crippen molar-refractivity contribution in [3.05, 3.63) is 47.8 Å². The van der Waals surface area contributed by atoms with E-state index in [1.54, 1.807) is 19.1 Å².